The Hall–Kier alpha value is -1.62. The summed E-state index contributed by atoms with van der Waals surface area (Å²) in [6.45, 7) is 0.258. The van der Waals surface area contributed by atoms with Gasteiger partial charge >= 0.3 is 6.09 Å². The maximum absolute atomic E-state index is 11.0. The zero-order chi connectivity index (χ0) is 12.4. The molecule has 0 unspecified atom stereocenters. The van der Waals surface area contributed by atoms with Crippen LogP contribution < -0.4 is 14.8 Å². The number of rotatable bonds is 3. The van der Waals surface area contributed by atoms with Gasteiger partial charge in [0.25, 0.3) is 0 Å². The average molecular weight is 258 g/mol. The Morgan fingerprint density at radius 1 is 1.41 bits per heavy atom. The van der Waals surface area contributed by atoms with E-state index in [0.717, 1.165) is 5.56 Å². The smallest absolute Gasteiger partial charge is 0.407 e. The molecule has 6 heteroatoms. The van der Waals surface area contributed by atoms with Crippen LogP contribution in [0.4, 0.5) is 4.79 Å². The fraction of sp³-hybridized carbons (Fsp3) is 0.364. The molecule has 92 valence electrons. The first-order valence-corrected chi connectivity index (χ1v) is 5.38. The van der Waals surface area contributed by atoms with Gasteiger partial charge in [-0.25, -0.2) is 4.79 Å². The van der Waals surface area contributed by atoms with E-state index in [2.05, 4.69) is 5.32 Å². The molecule has 2 rings (SSSR count). The lowest BCUT2D eigenvalue weighted by atomic mass is 10.1. The SMILES string of the molecule is COc1ccc([C@@H]2COC(=O)N2)c(Cl)c1OC. The molecule has 5 nitrogen and oxygen atoms in total. The van der Waals surface area contributed by atoms with E-state index < -0.39 is 6.09 Å². The summed E-state index contributed by atoms with van der Waals surface area (Å²) in [5, 5.41) is 3.08. The van der Waals surface area contributed by atoms with E-state index in [1.807, 2.05) is 0 Å². The Morgan fingerprint density at radius 2 is 2.18 bits per heavy atom. The molecule has 0 aromatic heterocycles. The third-order valence-electron chi connectivity index (χ3n) is 2.56. The van der Waals surface area contributed by atoms with Crippen LogP contribution in [-0.2, 0) is 4.74 Å². The average Bonchev–Trinajstić information content (AvgIpc) is 2.75. The molecule has 1 atom stereocenters. The van der Waals surface area contributed by atoms with E-state index in [4.69, 9.17) is 25.8 Å². The van der Waals surface area contributed by atoms with Gasteiger partial charge < -0.3 is 19.5 Å². The van der Waals surface area contributed by atoms with Crippen molar-refractivity contribution in [2.45, 2.75) is 6.04 Å². The molecule has 0 aliphatic carbocycles. The summed E-state index contributed by atoms with van der Waals surface area (Å²) in [4.78, 5) is 11.0. The lowest BCUT2D eigenvalue weighted by molar-refractivity contribution is 0.177. The topological polar surface area (TPSA) is 56.8 Å². The molecule has 0 bridgehead atoms. The third kappa shape index (κ3) is 2.10. The highest BCUT2D eigenvalue weighted by atomic mass is 35.5. The van der Waals surface area contributed by atoms with E-state index in [-0.39, 0.29) is 12.6 Å². The summed E-state index contributed by atoms with van der Waals surface area (Å²) >= 11 is 6.21. The van der Waals surface area contributed by atoms with Gasteiger partial charge in [-0.15, -0.1) is 0 Å². The number of alkyl carbamates (subject to hydrolysis) is 1. The van der Waals surface area contributed by atoms with Gasteiger partial charge in [-0.3, -0.25) is 0 Å². The van der Waals surface area contributed by atoms with Crippen LogP contribution >= 0.6 is 11.6 Å². The van der Waals surface area contributed by atoms with Crippen molar-refractivity contribution in [2.24, 2.45) is 0 Å². The third-order valence-corrected chi connectivity index (χ3v) is 2.95. The highest BCUT2D eigenvalue weighted by Gasteiger charge is 2.27. The van der Waals surface area contributed by atoms with Crippen molar-refractivity contribution >= 4 is 17.7 Å². The van der Waals surface area contributed by atoms with Crippen molar-refractivity contribution in [3.05, 3.63) is 22.7 Å². The quantitative estimate of drug-likeness (QED) is 0.901. The van der Waals surface area contributed by atoms with Crippen LogP contribution in [0.5, 0.6) is 11.5 Å². The van der Waals surface area contributed by atoms with E-state index in [1.54, 1.807) is 12.1 Å². The number of ether oxygens (including phenoxy) is 3. The van der Waals surface area contributed by atoms with Crippen LogP contribution in [0.15, 0.2) is 12.1 Å². The molecule has 1 aromatic carbocycles. The minimum absolute atomic E-state index is 0.255. The van der Waals surface area contributed by atoms with Gasteiger partial charge in [0.1, 0.15) is 6.61 Å². The van der Waals surface area contributed by atoms with Crippen LogP contribution in [0.1, 0.15) is 11.6 Å². The van der Waals surface area contributed by atoms with E-state index >= 15 is 0 Å². The molecule has 1 saturated heterocycles. The molecule has 1 N–H and O–H groups in total. The Morgan fingerprint density at radius 3 is 2.71 bits per heavy atom. The summed E-state index contributed by atoms with van der Waals surface area (Å²) in [6.07, 6.45) is -0.444. The molecule has 1 heterocycles. The number of carbonyl (C=O) groups is 1. The molecular weight excluding hydrogens is 246 g/mol. The summed E-state index contributed by atoms with van der Waals surface area (Å²) in [7, 11) is 3.05. The highest BCUT2D eigenvalue weighted by molar-refractivity contribution is 6.33. The fourth-order valence-corrected chi connectivity index (χ4v) is 2.09. The molecule has 1 amide bonds. The minimum Gasteiger partial charge on any atom is -0.493 e. The van der Waals surface area contributed by atoms with Gasteiger partial charge in [-0.05, 0) is 6.07 Å². The summed E-state index contributed by atoms with van der Waals surface area (Å²) in [5.74, 6) is 0.999. The van der Waals surface area contributed by atoms with Crippen molar-refractivity contribution in [1.82, 2.24) is 5.32 Å². The number of hydrogen-bond acceptors (Lipinski definition) is 4. The Labute approximate surface area is 104 Å². The predicted octanol–water partition coefficient (Wildman–Crippen LogP) is 2.14. The Balaban J connectivity index is 2.38. The molecule has 1 aliphatic rings. The molecule has 0 saturated carbocycles. The first-order valence-electron chi connectivity index (χ1n) is 5.01. The number of nitrogens with one attached hydrogen (secondary N) is 1. The number of cyclic esters (lactones) is 1. The van der Waals surface area contributed by atoms with E-state index in [0.29, 0.717) is 16.5 Å². The second-order valence-corrected chi connectivity index (χ2v) is 3.88. The number of carbonyl (C=O) groups excluding carboxylic acids is 1. The molecule has 1 aromatic rings. The van der Waals surface area contributed by atoms with Gasteiger partial charge in [-0.1, -0.05) is 17.7 Å². The molecule has 1 aliphatic heterocycles. The van der Waals surface area contributed by atoms with Gasteiger partial charge in [0.2, 0.25) is 0 Å². The summed E-state index contributed by atoms with van der Waals surface area (Å²) in [6, 6.07) is 3.27. The highest BCUT2D eigenvalue weighted by Crippen LogP contribution is 2.40. The van der Waals surface area contributed by atoms with Gasteiger partial charge in [0.15, 0.2) is 11.5 Å². The normalized spacial score (nSPS) is 18.5. The monoisotopic (exact) mass is 257 g/mol. The molecular formula is C11H12ClNO4. The summed E-state index contributed by atoms with van der Waals surface area (Å²) in [5.41, 5.74) is 0.746. The first kappa shape index (κ1) is 11.9. The lowest BCUT2D eigenvalue weighted by Crippen LogP contribution is -2.18. The van der Waals surface area contributed by atoms with Crippen LogP contribution in [0, 0.1) is 0 Å². The first-order chi connectivity index (χ1) is 8.17. The molecule has 0 spiro atoms. The largest absolute Gasteiger partial charge is 0.493 e. The van der Waals surface area contributed by atoms with Crippen molar-refractivity contribution in [3.63, 3.8) is 0 Å². The second-order valence-electron chi connectivity index (χ2n) is 3.50. The molecule has 17 heavy (non-hydrogen) atoms. The lowest BCUT2D eigenvalue weighted by Gasteiger charge is -2.15. The van der Waals surface area contributed by atoms with Crippen molar-refractivity contribution in [3.8, 4) is 11.5 Å². The Bertz CT molecular complexity index is 449. The predicted molar refractivity (Wildman–Crippen MR) is 61.8 cm³/mol. The second kappa shape index (κ2) is 4.71. The van der Waals surface area contributed by atoms with Crippen molar-refractivity contribution in [1.29, 1.82) is 0 Å². The van der Waals surface area contributed by atoms with Gasteiger partial charge in [-0.2, -0.15) is 0 Å². The van der Waals surface area contributed by atoms with Crippen LogP contribution in [0.3, 0.4) is 0 Å². The molecule has 0 radical (unpaired) electrons. The minimum atomic E-state index is -0.444. The van der Waals surface area contributed by atoms with Crippen LogP contribution in [-0.4, -0.2) is 26.9 Å². The maximum Gasteiger partial charge on any atom is 0.407 e. The molecule has 1 fully saturated rings. The number of methoxy groups -OCH3 is 2. The van der Waals surface area contributed by atoms with Crippen molar-refractivity contribution < 1.29 is 19.0 Å². The zero-order valence-corrected chi connectivity index (χ0v) is 10.2. The van der Waals surface area contributed by atoms with E-state index in [1.165, 1.54) is 14.2 Å². The number of halogens is 1. The standard InChI is InChI=1S/C11H12ClNO4/c1-15-8-4-3-6(9(12)10(8)16-2)7-5-17-11(14)13-7/h3-4,7H,5H2,1-2H3,(H,13,14)/t7-/m0/s1. The number of hydrogen-bond donors (Lipinski definition) is 1. The summed E-state index contributed by atoms with van der Waals surface area (Å²) < 4.78 is 15.1. The van der Waals surface area contributed by atoms with Gasteiger partial charge in [0.05, 0.1) is 25.3 Å². The number of amides is 1. The fourth-order valence-electron chi connectivity index (χ4n) is 1.73. The van der Waals surface area contributed by atoms with E-state index in [9.17, 15) is 4.79 Å². The zero-order valence-electron chi connectivity index (χ0n) is 9.45. The van der Waals surface area contributed by atoms with Crippen molar-refractivity contribution in [2.75, 3.05) is 20.8 Å². The van der Waals surface area contributed by atoms with Gasteiger partial charge in [0, 0.05) is 5.56 Å². The Kier molecular flexibility index (Phi) is 3.28. The van der Waals surface area contributed by atoms with Crippen LogP contribution in [0.25, 0.3) is 0 Å². The maximum atomic E-state index is 11.0. The van der Waals surface area contributed by atoms with Crippen LogP contribution in [0.2, 0.25) is 5.02 Å². The number of benzene rings is 1.